The molecule has 1 aliphatic heterocycles. The molecule has 0 radical (unpaired) electrons. The maximum absolute atomic E-state index is 12.4. The highest BCUT2D eigenvalue weighted by Gasteiger charge is 2.20. The minimum absolute atomic E-state index is 0. The summed E-state index contributed by atoms with van der Waals surface area (Å²) in [4.78, 5) is 12.4. The molecule has 2 aromatic carbocycles. The number of Topliss-reactive ketones (excluding diaryl/α,β-unsaturated/α-hetero) is 1. The Morgan fingerprint density at radius 1 is 1.10 bits per heavy atom. The molecular weight excluding hydrogens is 433 g/mol. The summed E-state index contributed by atoms with van der Waals surface area (Å²) in [5.74, 6) is 0.0762. The lowest BCUT2D eigenvalue weighted by Crippen LogP contribution is -2.34. The van der Waals surface area contributed by atoms with Crippen molar-refractivity contribution in [3.63, 3.8) is 0 Å². The number of carbonyl (C=O) groups excluding carboxylic acids is 1. The molecule has 0 fully saturated rings. The zero-order valence-electron chi connectivity index (χ0n) is 15.9. The topological polar surface area (TPSA) is 87.3 Å². The van der Waals surface area contributed by atoms with Gasteiger partial charge in [0.1, 0.15) is 0 Å². The first-order valence-corrected chi connectivity index (χ1v) is 11.2. The van der Waals surface area contributed by atoms with Gasteiger partial charge in [0.2, 0.25) is 0 Å². The molecule has 2 aromatic rings. The third-order valence-electron chi connectivity index (χ3n) is 4.66. The van der Waals surface area contributed by atoms with Gasteiger partial charge in [0, 0.05) is 23.6 Å². The van der Waals surface area contributed by atoms with E-state index in [1.807, 2.05) is 24.3 Å². The molecule has 29 heavy (non-hydrogen) atoms. The highest BCUT2D eigenvalue weighted by Crippen LogP contribution is 2.23. The van der Waals surface area contributed by atoms with E-state index in [1.165, 1.54) is 0 Å². The lowest BCUT2D eigenvalue weighted by molar-refractivity contribution is 0.0979. The van der Waals surface area contributed by atoms with Gasteiger partial charge in [-0.3, -0.25) is 9.52 Å². The Labute approximate surface area is 183 Å². The largest absolute Gasteiger partial charge is 0.316 e. The average molecular weight is 458 g/mol. The van der Waals surface area contributed by atoms with Crippen molar-refractivity contribution in [2.75, 3.05) is 17.8 Å². The molecule has 6 nitrogen and oxygen atoms in total. The summed E-state index contributed by atoms with van der Waals surface area (Å²) in [6.07, 6.45) is 3.08. The second-order valence-electron chi connectivity index (χ2n) is 6.77. The smallest absolute Gasteiger partial charge is 0.299 e. The first kappa shape index (κ1) is 23.6. The van der Waals surface area contributed by atoms with Crippen LogP contribution in [0.25, 0.3) is 0 Å². The molecular formula is C20H25Cl2N3O3S. The number of halogens is 2. The van der Waals surface area contributed by atoms with E-state index in [2.05, 4.69) is 14.8 Å². The van der Waals surface area contributed by atoms with Gasteiger partial charge in [-0.1, -0.05) is 29.8 Å². The summed E-state index contributed by atoms with van der Waals surface area (Å²) < 4.78 is 27.8. The summed E-state index contributed by atoms with van der Waals surface area (Å²) in [5.41, 5.74) is 3.06. The minimum atomic E-state index is -3.47. The van der Waals surface area contributed by atoms with Crippen LogP contribution in [-0.2, 0) is 23.2 Å². The Morgan fingerprint density at radius 3 is 2.69 bits per heavy atom. The number of fused-ring (bicyclic) bond motifs is 1. The van der Waals surface area contributed by atoms with Crippen LogP contribution in [0, 0.1) is 0 Å². The van der Waals surface area contributed by atoms with Crippen LogP contribution in [0.2, 0.25) is 5.02 Å². The van der Waals surface area contributed by atoms with Crippen molar-refractivity contribution in [3.8, 4) is 0 Å². The fourth-order valence-electron chi connectivity index (χ4n) is 3.10. The van der Waals surface area contributed by atoms with Crippen LogP contribution in [0.1, 0.15) is 40.7 Å². The first-order valence-electron chi connectivity index (χ1n) is 9.32. The van der Waals surface area contributed by atoms with Gasteiger partial charge in [0.25, 0.3) is 10.2 Å². The summed E-state index contributed by atoms with van der Waals surface area (Å²) in [7, 11) is -3.47. The molecule has 0 aliphatic carbocycles. The van der Waals surface area contributed by atoms with Gasteiger partial charge in [-0.05, 0) is 67.7 Å². The molecule has 158 valence electrons. The monoisotopic (exact) mass is 457 g/mol. The van der Waals surface area contributed by atoms with Gasteiger partial charge in [0.05, 0.1) is 5.69 Å². The Balaban J connectivity index is 0.00000300. The number of carbonyl (C=O) groups is 1. The number of unbranched alkanes of at least 4 members (excludes halogenated alkanes) is 1. The SMILES string of the molecule is Cl.O=C(CCCCNCCc1ccccc1Cl)c1ccc2c(c1)CNS(=O)(=O)N2. The second-order valence-corrected chi connectivity index (χ2v) is 8.68. The van der Waals surface area contributed by atoms with Crippen LogP contribution >= 0.6 is 24.0 Å². The standard InChI is InChI=1S/C20H24ClN3O3S.ClH/c21-18-6-2-1-5-15(18)10-12-22-11-4-3-7-20(25)16-8-9-19-17(13-16)14-23-28(26,27)24-19;/h1-2,5-6,8-9,13,22-24H,3-4,7,10-12,14H2;1H. The fourth-order valence-corrected chi connectivity index (χ4v) is 4.23. The van der Waals surface area contributed by atoms with Crippen molar-refractivity contribution >= 4 is 45.7 Å². The number of ketones is 1. The molecule has 3 N–H and O–H groups in total. The average Bonchev–Trinajstić information content (AvgIpc) is 2.67. The van der Waals surface area contributed by atoms with Gasteiger partial charge in [-0.15, -0.1) is 12.4 Å². The molecule has 0 atom stereocenters. The lowest BCUT2D eigenvalue weighted by atomic mass is 10.0. The molecule has 1 heterocycles. The highest BCUT2D eigenvalue weighted by molar-refractivity contribution is 7.90. The van der Waals surface area contributed by atoms with Crippen LogP contribution in [0.15, 0.2) is 42.5 Å². The summed E-state index contributed by atoms with van der Waals surface area (Å²) >= 11 is 6.14. The third kappa shape index (κ3) is 6.97. The molecule has 0 saturated carbocycles. The van der Waals surface area contributed by atoms with Gasteiger partial charge >= 0.3 is 0 Å². The van der Waals surface area contributed by atoms with Crippen molar-refractivity contribution < 1.29 is 13.2 Å². The number of hydrogen-bond donors (Lipinski definition) is 3. The van der Waals surface area contributed by atoms with Crippen LogP contribution in [0.5, 0.6) is 0 Å². The molecule has 3 rings (SSSR count). The quantitative estimate of drug-likeness (QED) is 0.395. The number of nitrogens with one attached hydrogen (secondary N) is 3. The van der Waals surface area contributed by atoms with E-state index >= 15 is 0 Å². The number of hydrogen-bond acceptors (Lipinski definition) is 4. The Morgan fingerprint density at radius 2 is 1.90 bits per heavy atom. The van der Waals surface area contributed by atoms with Gasteiger partial charge < -0.3 is 5.32 Å². The molecule has 9 heteroatoms. The summed E-state index contributed by atoms with van der Waals surface area (Å²) in [6.45, 7) is 1.90. The normalized spacial score (nSPS) is 14.4. The number of benzene rings is 2. The molecule has 0 bridgehead atoms. The fraction of sp³-hybridized carbons (Fsp3) is 0.350. The Hall–Kier alpha value is -1.64. The van der Waals surface area contributed by atoms with E-state index in [0.717, 1.165) is 48.5 Å². The number of rotatable bonds is 9. The molecule has 0 amide bonds. The lowest BCUT2D eigenvalue weighted by Gasteiger charge is -2.19. The van der Waals surface area contributed by atoms with Gasteiger partial charge in [0.15, 0.2) is 5.78 Å². The Kier molecular flexibility index (Phi) is 8.92. The summed E-state index contributed by atoms with van der Waals surface area (Å²) in [6, 6.07) is 12.9. The van der Waals surface area contributed by atoms with Crippen LogP contribution < -0.4 is 14.8 Å². The van der Waals surface area contributed by atoms with E-state index in [1.54, 1.807) is 18.2 Å². The van der Waals surface area contributed by atoms with Crippen molar-refractivity contribution in [2.24, 2.45) is 0 Å². The molecule has 0 spiro atoms. The van der Waals surface area contributed by atoms with Crippen LogP contribution in [-0.4, -0.2) is 27.3 Å². The molecule has 1 aliphatic rings. The van der Waals surface area contributed by atoms with Gasteiger partial charge in [-0.25, -0.2) is 0 Å². The van der Waals surface area contributed by atoms with Crippen LogP contribution in [0.3, 0.4) is 0 Å². The predicted molar refractivity (Wildman–Crippen MR) is 119 cm³/mol. The van der Waals surface area contributed by atoms with Crippen LogP contribution in [0.4, 0.5) is 5.69 Å². The van der Waals surface area contributed by atoms with E-state index in [9.17, 15) is 13.2 Å². The third-order valence-corrected chi connectivity index (χ3v) is 6.04. The molecule has 0 aromatic heterocycles. The summed E-state index contributed by atoms with van der Waals surface area (Å²) in [5, 5.41) is 4.17. The highest BCUT2D eigenvalue weighted by atomic mass is 35.5. The van der Waals surface area contributed by atoms with Crippen molar-refractivity contribution in [1.29, 1.82) is 0 Å². The zero-order chi connectivity index (χ0) is 20.0. The second kappa shape index (κ2) is 10.9. The first-order chi connectivity index (χ1) is 13.4. The minimum Gasteiger partial charge on any atom is -0.316 e. The maximum Gasteiger partial charge on any atom is 0.299 e. The van der Waals surface area contributed by atoms with E-state index < -0.39 is 10.2 Å². The zero-order valence-corrected chi connectivity index (χ0v) is 18.3. The number of anilines is 1. The van der Waals surface area contributed by atoms with E-state index in [4.69, 9.17) is 11.6 Å². The van der Waals surface area contributed by atoms with E-state index in [0.29, 0.717) is 17.7 Å². The van der Waals surface area contributed by atoms with E-state index in [-0.39, 0.29) is 24.7 Å². The Bertz CT molecular complexity index is 952. The maximum atomic E-state index is 12.4. The molecule has 0 unspecified atom stereocenters. The van der Waals surface area contributed by atoms with Crippen molar-refractivity contribution in [1.82, 2.24) is 10.0 Å². The van der Waals surface area contributed by atoms with Crippen molar-refractivity contribution in [2.45, 2.75) is 32.2 Å². The predicted octanol–water partition coefficient (Wildman–Crippen LogP) is 3.71. The van der Waals surface area contributed by atoms with Gasteiger partial charge in [-0.2, -0.15) is 13.1 Å². The van der Waals surface area contributed by atoms with Crippen molar-refractivity contribution in [3.05, 3.63) is 64.2 Å². The molecule has 0 saturated heterocycles.